The molecule has 3 aliphatic rings. The Morgan fingerprint density at radius 3 is 2.75 bits per heavy atom. The molecule has 1 aliphatic carbocycles. The van der Waals surface area contributed by atoms with E-state index in [4.69, 9.17) is 9.57 Å². The summed E-state index contributed by atoms with van der Waals surface area (Å²) in [6.07, 6.45) is 0.896. The van der Waals surface area contributed by atoms with Gasteiger partial charge in [-0.15, -0.1) is 0 Å². The van der Waals surface area contributed by atoms with Gasteiger partial charge in [0.1, 0.15) is 18.5 Å². The molecule has 3 fully saturated rings. The molecule has 2 amide bonds. The number of carbonyl (C=O) groups excluding carboxylic acids is 2. The quantitative estimate of drug-likeness (QED) is 0.351. The van der Waals surface area contributed by atoms with Crippen molar-refractivity contribution in [2.45, 2.75) is 13.0 Å². The van der Waals surface area contributed by atoms with Crippen LogP contribution >= 0.6 is 0 Å². The highest BCUT2D eigenvalue weighted by Crippen LogP contribution is 2.51. The first-order valence-corrected chi connectivity index (χ1v) is 10.9. The first-order chi connectivity index (χ1) is 15.3. The van der Waals surface area contributed by atoms with Gasteiger partial charge in [-0.25, -0.2) is 9.18 Å². The lowest BCUT2D eigenvalue weighted by atomic mass is 10.2. The lowest BCUT2D eigenvalue weighted by Gasteiger charge is -2.23. The Kier molecular flexibility index (Phi) is 6.50. The minimum Gasteiger partial charge on any atom is -0.442 e. The second kappa shape index (κ2) is 9.32. The summed E-state index contributed by atoms with van der Waals surface area (Å²) < 4.78 is 20.2. The third-order valence-electron chi connectivity index (χ3n) is 6.23. The number of oxime groups is 1. The number of rotatable bonds is 9. The monoisotopic (exact) mass is 447 g/mol. The number of nitrogens with one attached hydrogen (secondary N) is 1. The maximum atomic E-state index is 14.9. The molecule has 1 aromatic carbocycles. The molecule has 9 nitrogen and oxygen atoms in total. The van der Waals surface area contributed by atoms with Crippen molar-refractivity contribution in [1.82, 2.24) is 10.2 Å². The first kappa shape index (κ1) is 22.3. The van der Waals surface area contributed by atoms with Gasteiger partial charge in [0.2, 0.25) is 5.91 Å². The van der Waals surface area contributed by atoms with Crippen molar-refractivity contribution < 1.29 is 23.6 Å². The second-order valence-corrected chi connectivity index (χ2v) is 8.89. The molecule has 2 aliphatic heterocycles. The van der Waals surface area contributed by atoms with Crippen LogP contribution in [0.4, 0.5) is 20.6 Å². The van der Waals surface area contributed by atoms with E-state index in [2.05, 4.69) is 10.5 Å². The van der Waals surface area contributed by atoms with Crippen LogP contribution in [0.1, 0.15) is 6.92 Å². The third kappa shape index (κ3) is 4.95. The zero-order valence-electron chi connectivity index (χ0n) is 18.7. The minimum atomic E-state index is -0.537. The summed E-state index contributed by atoms with van der Waals surface area (Å²) in [6.45, 7) is 4.85. The molecular weight excluding hydrogens is 417 g/mol. The van der Waals surface area contributed by atoms with E-state index in [1.165, 1.54) is 17.9 Å². The number of likely N-dealkylation sites (N-methyl/N-ethyl adjacent to an activating group) is 1. The van der Waals surface area contributed by atoms with Crippen LogP contribution in [0.5, 0.6) is 0 Å². The van der Waals surface area contributed by atoms with Gasteiger partial charge < -0.3 is 24.7 Å². The fourth-order valence-electron chi connectivity index (χ4n) is 4.40. The number of nitrogens with zero attached hydrogens (tertiary/aromatic N) is 4. The van der Waals surface area contributed by atoms with Crippen LogP contribution in [0.15, 0.2) is 23.4 Å². The van der Waals surface area contributed by atoms with Crippen LogP contribution < -0.4 is 15.1 Å². The molecule has 1 N–H and O–H groups in total. The molecule has 0 aromatic heterocycles. The van der Waals surface area contributed by atoms with E-state index in [9.17, 15) is 14.0 Å². The number of carbonyl (C=O) groups is 2. The fourth-order valence-corrected chi connectivity index (χ4v) is 4.40. The highest BCUT2D eigenvalue weighted by atomic mass is 19.1. The lowest BCUT2D eigenvalue weighted by molar-refractivity contribution is -0.119. The zero-order valence-corrected chi connectivity index (χ0v) is 18.7. The van der Waals surface area contributed by atoms with Crippen molar-refractivity contribution in [1.29, 1.82) is 0 Å². The molecule has 2 unspecified atom stereocenters. The number of ether oxygens (including phenoxy) is 1. The van der Waals surface area contributed by atoms with E-state index >= 15 is 0 Å². The molecular formula is C22H30FN5O4. The molecule has 32 heavy (non-hydrogen) atoms. The van der Waals surface area contributed by atoms with Crippen LogP contribution in [0.2, 0.25) is 0 Å². The smallest absolute Gasteiger partial charge is 0.414 e. The van der Waals surface area contributed by atoms with Crippen molar-refractivity contribution in [2.75, 3.05) is 63.2 Å². The molecule has 0 bridgehead atoms. The van der Waals surface area contributed by atoms with Crippen LogP contribution in [0.3, 0.4) is 0 Å². The largest absolute Gasteiger partial charge is 0.442 e. The topological polar surface area (TPSA) is 86.7 Å². The van der Waals surface area contributed by atoms with Crippen LogP contribution in [0, 0.1) is 23.6 Å². The number of halogens is 1. The van der Waals surface area contributed by atoms with Crippen LogP contribution in [-0.2, 0) is 14.4 Å². The summed E-state index contributed by atoms with van der Waals surface area (Å²) >= 11 is 0. The number of benzene rings is 1. The van der Waals surface area contributed by atoms with Gasteiger partial charge in [0.15, 0.2) is 0 Å². The molecule has 0 spiro atoms. The number of anilines is 2. The Morgan fingerprint density at radius 2 is 2.09 bits per heavy atom. The van der Waals surface area contributed by atoms with Crippen LogP contribution in [-0.4, -0.2) is 82.6 Å². The van der Waals surface area contributed by atoms with E-state index in [-0.39, 0.29) is 24.8 Å². The predicted molar refractivity (Wildman–Crippen MR) is 118 cm³/mol. The maximum Gasteiger partial charge on any atom is 0.414 e. The Labute approximate surface area is 187 Å². The Balaban J connectivity index is 1.29. The number of amides is 2. The molecule has 3 atom stereocenters. The van der Waals surface area contributed by atoms with Crippen molar-refractivity contribution in [3.8, 4) is 0 Å². The van der Waals surface area contributed by atoms with Crippen LogP contribution in [0.25, 0.3) is 0 Å². The minimum absolute atomic E-state index is 0.191. The average molecular weight is 448 g/mol. The normalized spacial score (nSPS) is 26.6. The second-order valence-electron chi connectivity index (χ2n) is 8.89. The van der Waals surface area contributed by atoms with E-state index in [0.717, 1.165) is 19.6 Å². The summed E-state index contributed by atoms with van der Waals surface area (Å²) in [4.78, 5) is 34.0. The maximum absolute atomic E-state index is 14.9. The number of fused-ring (bicyclic) bond motifs is 1. The van der Waals surface area contributed by atoms with Crippen molar-refractivity contribution in [3.05, 3.63) is 24.0 Å². The van der Waals surface area contributed by atoms with Crippen molar-refractivity contribution in [3.63, 3.8) is 0 Å². The summed E-state index contributed by atoms with van der Waals surface area (Å²) in [5.74, 6) is 0.785. The van der Waals surface area contributed by atoms with Crippen molar-refractivity contribution in [2.24, 2.45) is 22.9 Å². The molecule has 0 radical (unpaired) electrons. The molecule has 1 saturated carbocycles. The molecule has 174 valence electrons. The average Bonchev–Trinajstić information content (AvgIpc) is 3.05. The zero-order chi connectivity index (χ0) is 22.8. The number of hydrogen-bond acceptors (Lipinski definition) is 7. The summed E-state index contributed by atoms with van der Waals surface area (Å²) in [6, 6.07) is 4.83. The fraction of sp³-hybridized carbons (Fsp3) is 0.591. The predicted octanol–water partition coefficient (Wildman–Crippen LogP) is 1.53. The van der Waals surface area contributed by atoms with E-state index in [1.54, 1.807) is 12.1 Å². The van der Waals surface area contributed by atoms with Gasteiger partial charge in [-0.2, -0.15) is 0 Å². The van der Waals surface area contributed by atoms with Gasteiger partial charge in [0.05, 0.1) is 24.5 Å². The standard InChI is InChI=1S/C22H30FN5O4/c1-14(29)24-9-16-11-28(22(30)32-16)15-4-5-21(20(23)8-15)27-12-18-17(19(18)13-27)10-25-31-7-6-26(2)3/h4-5,8,10,16-19H,6-7,9,11-13H2,1-3H3,(H,24,29)/t16-,17?,18?,19?/m0/s1. The SMILES string of the molecule is CC(=O)NC[C@H]1CN(c2ccc(N3CC4C(C=NOCCN(C)C)C4C3)c(F)c2)C(=O)O1. The van der Waals surface area contributed by atoms with Gasteiger partial charge in [0, 0.05) is 38.7 Å². The van der Waals surface area contributed by atoms with E-state index in [0.29, 0.717) is 35.7 Å². The Bertz CT molecular complexity index is 883. The highest BCUT2D eigenvalue weighted by molar-refractivity contribution is 5.90. The number of hydrogen-bond donors (Lipinski definition) is 1. The Hall–Kier alpha value is -2.88. The molecule has 10 heteroatoms. The summed E-state index contributed by atoms with van der Waals surface area (Å²) in [5.41, 5.74) is 0.993. The summed E-state index contributed by atoms with van der Waals surface area (Å²) in [5, 5.41) is 6.71. The molecule has 2 saturated heterocycles. The number of cyclic esters (lactones) is 1. The molecule has 4 rings (SSSR count). The lowest BCUT2D eigenvalue weighted by Crippen LogP contribution is -2.33. The van der Waals surface area contributed by atoms with Gasteiger partial charge in [0.25, 0.3) is 0 Å². The first-order valence-electron chi connectivity index (χ1n) is 10.9. The third-order valence-corrected chi connectivity index (χ3v) is 6.23. The molecule has 1 aromatic rings. The summed E-state index contributed by atoms with van der Waals surface area (Å²) in [7, 11) is 3.97. The van der Waals surface area contributed by atoms with E-state index in [1.807, 2.05) is 30.1 Å². The molecule has 2 heterocycles. The van der Waals surface area contributed by atoms with Gasteiger partial charge in [-0.05, 0) is 44.1 Å². The Morgan fingerprint density at radius 1 is 1.34 bits per heavy atom. The van der Waals surface area contributed by atoms with Gasteiger partial charge >= 0.3 is 6.09 Å². The van der Waals surface area contributed by atoms with Gasteiger partial charge in [-0.3, -0.25) is 9.69 Å². The van der Waals surface area contributed by atoms with Gasteiger partial charge in [-0.1, -0.05) is 5.16 Å². The van der Waals surface area contributed by atoms with Crippen molar-refractivity contribution >= 4 is 29.6 Å². The highest BCUT2D eigenvalue weighted by Gasteiger charge is 2.55. The van der Waals surface area contributed by atoms with E-state index < -0.39 is 12.2 Å². The number of piperidine rings is 1.